The summed E-state index contributed by atoms with van der Waals surface area (Å²) in [5.41, 5.74) is 2.50. The van der Waals surface area contributed by atoms with Crippen molar-refractivity contribution in [3.8, 4) is 5.75 Å². The van der Waals surface area contributed by atoms with E-state index in [2.05, 4.69) is 0 Å². The zero-order chi connectivity index (χ0) is 13.7. The summed E-state index contributed by atoms with van der Waals surface area (Å²) in [7, 11) is 1.59. The topological polar surface area (TPSA) is 63.6 Å². The van der Waals surface area contributed by atoms with Crippen LogP contribution in [0.4, 0.5) is 0 Å². The van der Waals surface area contributed by atoms with E-state index in [0.717, 1.165) is 16.9 Å². The Kier molecular flexibility index (Phi) is 4.89. The smallest absolute Gasteiger partial charge is 0.303 e. The van der Waals surface area contributed by atoms with E-state index in [-0.39, 0.29) is 18.6 Å². The number of aliphatic carboxylic acids is 1. The van der Waals surface area contributed by atoms with E-state index in [4.69, 9.17) is 9.84 Å². The lowest BCUT2D eigenvalue weighted by Crippen LogP contribution is -2.05. The highest BCUT2D eigenvalue weighted by atomic mass is 16.5. The van der Waals surface area contributed by atoms with Crippen LogP contribution in [0.25, 0.3) is 0 Å². The molecule has 0 bridgehead atoms. The molecule has 0 aliphatic heterocycles. The standard InChI is InChI=1S/C14H18O4/c1-9-10(2)13(18-3)8-7-11(9)12(15)5-4-6-14(16)17/h7-8H,4-6H2,1-3H3,(H,16,17). The van der Waals surface area contributed by atoms with E-state index >= 15 is 0 Å². The lowest BCUT2D eigenvalue weighted by molar-refractivity contribution is -0.137. The molecule has 1 aromatic carbocycles. The van der Waals surface area contributed by atoms with E-state index < -0.39 is 5.97 Å². The number of ether oxygens (including phenoxy) is 1. The highest BCUT2D eigenvalue weighted by Gasteiger charge is 2.13. The molecule has 0 amide bonds. The molecule has 18 heavy (non-hydrogen) atoms. The normalized spacial score (nSPS) is 10.2. The second-order valence-electron chi connectivity index (χ2n) is 4.24. The number of benzene rings is 1. The van der Waals surface area contributed by atoms with Crippen LogP contribution in [0.15, 0.2) is 12.1 Å². The number of hydrogen-bond donors (Lipinski definition) is 1. The number of methoxy groups -OCH3 is 1. The zero-order valence-corrected chi connectivity index (χ0v) is 10.9. The lowest BCUT2D eigenvalue weighted by Gasteiger charge is -2.11. The summed E-state index contributed by atoms with van der Waals surface area (Å²) < 4.78 is 5.18. The molecular weight excluding hydrogens is 232 g/mol. The molecule has 4 heteroatoms. The predicted octanol–water partition coefficient (Wildman–Crippen LogP) is 2.75. The molecule has 1 aromatic rings. The maximum Gasteiger partial charge on any atom is 0.303 e. The number of carbonyl (C=O) groups excluding carboxylic acids is 1. The Morgan fingerprint density at radius 1 is 1.17 bits per heavy atom. The van der Waals surface area contributed by atoms with Gasteiger partial charge in [-0.05, 0) is 43.5 Å². The van der Waals surface area contributed by atoms with Crippen LogP contribution in [0.1, 0.15) is 40.7 Å². The molecule has 0 atom stereocenters. The molecule has 0 aromatic heterocycles. The fourth-order valence-corrected chi connectivity index (χ4v) is 1.85. The second-order valence-corrected chi connectivity index (χ2v) is 4.24. The maximum atomic E-state index is 12.0. The molecule has 98 valence electrons. The van der Waals surface area contributed by atoms with Gasteiger partial charge in [0, 0.05) is 18.4 Å². The quantitative estimate of drug-likeness (QED) is 0.788. The van der Waals surface area contributed by atoms with E-state index in [0.29, 0.717) is 12.0 Å². The van der Waals surface area contributed by atoms with Crippen molar-refractivity contribution in [3.63, 3.8) is 0 Å². The van der Waals surface area contributed by atoms with Crippen molar-refractivity contribution < 1.29 is 19.4 Å². The van der Waals surface area contributed by atoms with Gasteiger partial charge in [0.2, 0.25) is 0 Å². The van der Waals surface area contributed by atoms with Crippen molar-refractivity contribution in [2.45, 2.75) is 33.1 Å². The molecule has 0 saturated heterocycles. The number of carboxylic acids is 1. The minimum absolute atomic E-state index is 0.0143. The summed E-state index contributed by atoms with van der Waals surface area (Å²) in [6.45, 7) is 3.78. The Labute approximate surface area is 107 Å². The lowest BCUT2D eigenvalue weighted by atomic mass is 9.97. The van der Waals surface area contributed by atoms with Gasteiger partial charge in [-0.15, -0.1) is 0 Å². The first-order chi connectivity index (χ1) is 8.47. The third kappa shape index (κ3) is 3.32. The Morgan fingerprint density at radius 3 is 2.39 bits per heavy atom. The minimum Gasteiger partial charge on any atom is -0.496 e. The first kappa shape index (κ1) is 14.2. The number of carbonyl (C=O) groups is 2. The predicted molar refractivity (Wildman–Crippen MR) is 68.3 cm³/mol. The van der Waals surface area contributed by atoms with Crippen molar-refractivity contribution >= 4 is 11.8 Å². The fraction of sp³-hybridized carbons (Fsp3) is 0.429. The summed E-state index contributed by atoms with van der Waals surface area (Å²) in [5, 5.41) is 8.54. The van der Waals surface area contributed by atoms with Gasteiger partial charge in [-0.1, -0.05) is 0 Å². The van der Waals surface area contributed by atoms with Crippen molar-refractivity contribution in [2.24, 2.45) is 0 Å². The Bertz CT molecular complexity index is 463. The number of hydrogen-bond acceptors (Lipinski definition) is 3. The Balaban J connectivity index is 2.80. The van der Waals surface area contributed by atoms with Gasteiger partial charge in [-0.3, -0.25) is 9.59 Å². The fourth-order valence-electron chi connectivity index (χ4n) is 1.85. The van der Waals surface area contributed by atoms with Gasteiger partial charge in [0.15, 0.2) is 5.78 Å². The average Bonchev–Trinajstić information content (AvgIpc) is 2.32. The van der Waals surface area contributed by atoms with Crippen LogP contribution in [0.5, 0.6) is 5.75 Å². The van der Waals surface area contributed by atoms with Crippen molar-refractivity contribution in [1.82, 2.24) is 0 Å². The molecule has 0 radical (unpaired) electrons. The molecule has 0 saturated carbocycles. The maximum absolute atomic E-state index is 12.0. The van der Waals surface area contributed by atoms with Gasteiger partial charge in [-0.2, -0.15) is 0 Å². The molecule has 4 nitrogen and oxygen atoms in total. The molecule has 0 unspecified atom stereocenters. The zero-order valence-electron chi connectivity index (χ0n) is 10.9. The average molecular weight is 250 g/mol. The van der Waals surface area contributed by atoms with Gasteiger partial charge in [0.25, 0.3) is 0 Å². The van der Waals surface area contributed by atoms with Gasteiger partial charge in [0.1, 0.15) is 5.75 Å². The van der Waals surface area contributed by atoms with Gasteiger partial charge < -0.3 is 9.84 Å². The summed E-state index contributed by atoms with van der Waals surface area (Å²) in [4.78, 5) is 22.4. The first-order valence-corrected chi connectivity index (χ1v) is 5.86. The monoisotopic (exact) mass is 250 g/mol. The van der Waals surface area contributed by atoms with Crippen LogP contribution >= 0.6 is 0 Å². The molecule has 1 rings (SSSR count). The van der Waals surface area contributed by atoms with E-state index in [1.807, 2.05) is 13.8 Å². The second kappa shape index (κ2) is 6.19. The van der Waals surface area contributed by atoms with Crippen LogP contribution in [0.2, 0.25) is 0 Å². The molecular formula is C14H18O4. The van der Waals surface area contributed by atoms with E-state index in [1.165, 1.54) is 0 Å². The number of carboxylic acid groups (broad SMARTS) is 1. The number of Topliss-reactive ketones (excluding diaryl/α,β-unsaturated/α-hetero) is 1. The third-order valence-corrected chi connectivity index (χ3v) is 3.05. The summed E-state index contributed by atoms with van der Waals surface area (Å²) >= 11 is 0. The SMILES string of the molecule is COc1ccc(C(=O)CCCC(=O)O)c(C)c1C. The van der Waals surface area contributed by atoms with Gasteiger partial charge in [0.05, 0.1) is 7.11 Å². The van der Waals surface area contributed by atoms with Gasteiger partial charge >= 0.3 is 5.97 Å². The number of rotatable bonds is 6. The van der Waals surface area contributed by atoms with Crippen molar-refractivity contribution in [2.75, 3.05) is 7.11 Å². The first-order valence-electron chi connectivity index (χ1n) is 5.86. The largest absolute Gasteiger partial charge is 0.496 e. The Hall–Kier alpha value is -1.84. The molecule has 0 spiro atoms. The third-order valence-electron chi connectivity index (χ3n) is 3.05. The van der Waals surface area contributed by atoms with E-state index in [1.54, 1.807) is 19.2 Å². The van der Waals surface area contributed by atoms with Gasteiger partial charge in [-0.25, -0.2) is 0 Å². The van der Waals surface area contributed by atoms with Crippen LogP contribution in [-0.4, -0.2) is 24.0 Å². The highest BCUT2D eigenvalue weighted by Crippen LogP contribution is 2.25. The number of ketones is 1. The van der Waals surface area contributed by atoms with E-state index in [9.17, 15) is 9.59 Å². The van der Waals surface area contributed by atoms with Crippen LogP contribution in [-0.2, 0) is 4.79 Å². The van der Waals surface area contributed by atoms with Crippen LogP contribution in [0.3, 0.4) is 0 Å². The molecule has 0 aliphatic rings. The van der Waals surface area contributed by atoms with Crippen molar-refractivity contribution in [1.29, 1.82) is 0 Å². The minimum atomic E-state index is -0.870. The summed E-state index contributed by atoms with van der Waals surface area (Å²) in [5.74, 6) is -0.125. The van der Waals surface area contributed by atoms with Crippen LogP contribution < -0.4 is 4.74 Å². The van der Waals surface area contributed by atoms with Crippen molar-refractivity contribution in [3.05, 3.63) is 28.8 Å². The molecule has 0 heterocycles. The Morgan fingerprint density at radius 2 is 1.83 bits per heavy atom. The molecule has 0 fully saturated rings. The molecule has 0 aliphatic carbocycles. The summed E-state index contributed by atoms with van der Waals surface area (Å²) in [6.07, 6.45) is 0.664. The summed E-state index contributed by atoms with van der Waals surface area (Å²) in [6, 6.07) is 3.51. The van der Waals surface area contributed by atoms with Crippen LogP contribution in [0, 0.1) is 13.8 Å². The highest BCUT2D eigenvalue weighted by molar-refractivity contribution is 5.98. The molecule has 1 N–H and O–H groups in total.